The lowest BCUT2D eigenvalue weighted by Gasteiger charge is -2.33. The highest BCUT2D eigenvalue weighted by molar-refractivity contribution is 6.62. The molecule has 4 atom stereocenters. The van der Waals surface area contributed by atoms with E-state index < -0.39 is 8.80 Å². The van der Waals surface area contributed by atoms with Crippen LogP contribution in [-0.4, -0.2) is 54.3 Å². The Balaban J connectivity index is 4.38. The quantitative estimate of drug-likeness (QED) is 0.185. The second kappa shape index (κ2) is 10.6. The van der Waals surface area contributed by atoms with Crippen LogP contribution in [0.3, 0.4) is 0 Å². The Hall–Kier alpha value is -0.103. The van der Waals surface area contributed by atoms with Gasteiger partial charge >= 0.3 is 8.80 Å². The summed E-state index contributed by atoms with van der Waals surface area (Å²) in [5.41, 5.74) is 12.1. The molecule has 0 heterocycles. The highest BCUT2D eigenvalue weighted by atomic mass is 28.4. The van der Waals surface area contributed by atoms with Crippen molar-refractivity contribution >= 4 is 8.80 Å². The van der Waals surface area contributed by atoms with Gasteiger partial charge in [-0.1, -0.05) is 6.92 Å². The first-order chi connectivity index (χ1) is 9.84. The lowest BCUT2D eigenvalue weighted by atomic mass is 10.4. The van der Waals surface area contributed by atoms with Crippen LogP contribution in [0.1, 0.15) is 34.1 Å². The molecule has 0 aromatic rings. The summed E-state index contributed by atoms with van der Waals surface area (Å²) in [4.78, 5) is 0. The van der Waals surface area contributed by atoms with E-state index in [4.69, 9.17) is 19.0 Å². The standard InChI is InChI=1S/C12H33N5O3Si/c1-8-12(21(18-5,19-6)20-7)17-16-11(4)15-10(3)14-9(2)13/h9-12,14-17H,8,13H2,1-7H3. The lowest BCUT2D eigenvalue weighted by molar-refractivity contribution is 0.102. The number of rotatable bonds is 12. The van der Waals surface area contributed by atoms with Crippen LogP contribution in [-0.2, 0) is 13.3 Å². The van der Waals surface area contributed by atoms with E-state index >= 15 is 0 Å². The summed E-state index contributed by atoms with van der Waals surface area (Å²) in [6.07, 6.45) is 0.863. The third-order valence-electron chi connectivity index (χ3n) is 3.18. The number of hydrazine groups is 1. The van der Waals surface area contributed by atoms with Crippen molar-refractivity contribution in [2.45, 2.75) is 58.3 Å². The van der Waals surface area contributed by atoms with Crippen molar-refractivity contribution in [3.8, 4) is 0 Å². The summed E-state index contributed by atoms with van der Waals surface area (Å²) in [6.45, 7) is 7.97. The van der Waals surface area contributed by atoms with Gasteiger partial charge in [-0.3, -0.25) is 10.6 Å². The Bertz CT molecular complexity index is 261. The molecule has 0 bridgehead atoms. The molecule has 0 aliphatic heterocycles. The molecule has 6 N–H and O–H groups in total. The van der Waals surface area contributed by atoms with Crippen molar-refractivity contribution in [1.82, 2.24) is 21.5 Å². The van der Waals surface area contributed by atoms with Crippen LogP contribution in [0, 0.1) is 0 Å². The van der Waals surface area contributed by atoms with Gasteiger partial charge < -0.3 is 19.0 Å². The zero-order chi connectivity index (χ0) is 16.5. The normalized spacial score (nSPS) is 18.3. The van der Waals surface area contributed by atoms with Gasteiger partial charge in [0.1, 0.15) is 0 Å². The maximum Gasteiger partial charge on any atom is 0.519 e. The number of hydrogen-bond acceptors (Lipinski definition) is 8. The molecule has 0 fully saturated rings. The van der Waals surface area contributed by atoms with Gasteiger partial charge in [-0.05, 0) is 27.2 Å². The zero-order valence-electron chi connectivity index (χ0n) is 14.3. The van der Waals surface area contributed by atoms with Crippen molar-refractivity contribution in [2.24, 2.45) is 5.73 Å². The van der Waals surface area contributed by atoms with Gasteiger partial charge in [-0.2, -0.15) is 0 Å². The van der Waals surface area contributed by atoms with Crippen LogP contribution >= 0.6 is 0 Å². The third-order valence-corrected chi connectivity index (χ3v) is 6.29. The number of hydrogen-bond donors (Lipinski definition) is 5. The van der Waals surface area contributed by atoms with Crippen LogP contribution in [0.5, 0.6) is 0 Å². The largest absolute Gasteiger partial charge is 0.519 e. The summed E-state index contributed by atoms with van der Waals surface area (Å²) < 4.78 is 16.5. The van der Waals surface area contributed by atoms with Gasteiger partial charge in [0, 0.05) is 21.3 Å². The van der Waals surface area contributed by atoms with Gasteiger partial charge in [0.15, 0.2) is 0 Å². The van der Waals surface area contributed by atoms with Crippen molar-refractivity contribution in [1.29, 1.82) is 0 Å². The molecule has 0 spiro atoms. The lowest BCUT2D eigenvalue weighted by Crippen LogP contribution is -2.66. The van der Waals surface area contributed by atoms with Crippen LogP contribution in [0.4, 0.5) is 0 Å². The van der Waals surface area contributed by atoms with E-state index in [9.17, 15) is 0 Å². The van der Waals surface area contributed by atoms with Gasteiger partial charge in [0.25, 0.3) is 0 Å². The van der Waals surface area contributed by atoms with E-state index in [2.05, 4.69) is 28.4 Å². The van der Waals surface area contributed by atoms with Crippen LogP contribution in [0.25, 0.3) is 0 Å². The molecule has 0 aliphatic carbocycles. The molecule has 0 aromatic heterocycles. The molecule has 21 heavy (non-hydrogen) atoms. The van der Waals surface area contributed by atoms with Crippen molar-refractivity contribution in [2.75, 3.05) is 21.3 Å². The van der Waals surface area contributed by atoms with Crippen molar-refractivity contribution in [3.05, 3.63) is 0 Å². The molecule has 9 heteroatoms. The van der Waals surface area contributed by atoms with Crippen molar-refractivity contribution in [3.63, 3.8) is 0 Å². The fourth-order valence-corrected chi connectivity index (χ4v) is 4.32. The van der Waals surface area contributed by atoms with E-state index in [-0.39, 0.29) is 24.2 Å². The Morgan fingerprint density at radius 2 is 1.43 bits per heavy atom. The SMILES string of the molecule is CCC(NNC(C)NC(C)NC(C)N)[Si](OC)(OC)OC. The minimum atomic E-state index is -2.72. The Labute approximate surface area is 129 Å². The molecule has 0 amide bonds. The maximum absolute atomic E-state index is 5.69. The molecule has 4 unspecified atom stereocenters. The molecular weight excluding hydrogens is 290 g/mol. The molecule has 0 aliphatic rings. The minimum absolute atomic E-state index is 0.0255. The molecular formula is C12H33N5O3Si. The first-order valence-electron chi connectivity index (χ1n) is 7.29. The second-order valence-corrected chi connectivity index (χ2v) is 8.16. The molecule has 0 aromatic carbocycles. The van der Waals surface area contributed by atoms with Crippen LogP contribution in [0.2, 0.25) is 0 Å². The Morgan fingerprint density at radius 1 is 0.905 bits per heavy atom. The van der Waals surface area contributed by atoms with E-state index in [1.54, 1.807) is 21.3 Å². The Kier molecular flexibility index (Phi) is 10.5. The average Bonchev–Trinajstić information content (AvgIpc) is 2.43. The van der Waals surface area contributed by atoms with Gasteiger partial charge in [-0.15, -0.1) is 0 Å². The number of nitrogens with one attached hydrogen (secondary N) is 4. The van der Waals surface area contributed by atoms with E-state index in [0.717, 1.165) is 6.42 Å². The van der Waals surface area contributed by atoms with Crippen molar-refractivity contribution < 1.29 is 13.3 Å². The molecule has 128 valence electrons. The van der Waals surface area contributed by atoms with E-state index in [1.807, 2.05) is 20.8 Å². The predicted octanol–water partition coefficient (Wildman–Crippen LogP) is -0.548. The second-order valence-electron chi connectivity index (χ2n) is 5.03. The summed E-state index contributed by atoms with van der Waals surface area (Å²) in [6, 6.07) is 0. The van der Waals surface area contributed by atoms with Crippen LogP contribution in [0.15, 0.2) is 0 Å². The van der Waals surface area contributed by atoms with E-state index in [0.29, 0.717) is 0 Å². The smallest absolute Gasteiger partial charge is 0.376 e. The fourth-order valence-electron chi connectivity index (χ4n) is 2.20. The van der Waals surface area contributed by atoms with Crippen LogP contribution < -0.4 is 27.2 Å². The molecule has 0 saturated carbocycles. The van der Waals surface area contributed by atoms with Gasteiger partial charge in [-0.25, -0.2) is 10.9 Å². The van der Waals surface area contributed by atoms with Gasteiger partial charge in [0.05, 0.1) is 24.2 Å². The topological polar surface area (TPSA) is 102 Å². The molecule has 0 radical (unpaired) electrons. The third kappa shape index (κ3) is 7.13. The first-order valence-corrected chi connectivity index (χ1v) is 9.09. The average molecular weight is 324 g/mol. The highest BCUT2D eigenvalue weighted by Crippen LogP contribution is 2.14. The summed E-state index contributed by atoms with van der Waals surface area (Å²) in [5.74, 6) is 0. The van der Waals surface area contributed by atoms with E-state index in [1.165, 1.54) is 0 Å². The number of nitrogens with two attached hydrogens (primary N) is 1. The predicted molar refractivity (Wildman–Crippen MR) is 86.0 cm³/mol. The summed E-state index contributed by atoms with van der Waals surface area (Å²) >= 11 is 0. The first kappa shape index (κ1) is 20.9. The van der Waals surface area contributed by atoms with Gasteiger partial charge in [0.2, 0.25) is 0 Å². The maximum atomic E-state index is 5.69. The monoisotopic (exact) mass is 323 g/mol. The molecule has 0 rings (SSSR count). The minimum Gasteiger partial charge on any atom is -0.376 e. The highest BCUT2D eigenvalue weighted by Gasteiger charge is 2.46. The summed E-state index contributed by atoms with van der Waals surface area (Å²) in [5, 5.41) is 6.50. The molecule has 0 saturated heterocycles. The summed E-state index contributed by atoms with van der Waals surface area (Å²) in [7, 11) is 2.12. The molecule has 8 nitrogen and oxygen atoms in total. The fraction of sp³-hybridized carbons (Fsp3) is 1.00. The zero-order valence-corrected chi connectivity index (χ0v) is 15.3. The Morgan fingerprint density at radius 3 is 1.81 bits per heavy atom.